The van der Waals surface area contributed by atoms with E-state index >= 15 is 0 Å². The number of ether oxygens (including phenoxy) is 3. The van der Waals surface area contributed by atoms with Gasteiger partial charge in [-0.1, -0.05) is 12.7 Å². The van der Waals surface area contributed by atoms with Crippen molar-refractivity contribution in [3.63, 3.8) is 0 Å². The first-order chi connectivity index (χ1) is 17.1. The Balaban J connectivity index is 1.51. The summed E-state index contributed by atoms with van der Waals surface area (Å²) >= 11 is 0. The highest BCUT2D eigenvalue weighted by Crippen LogP contribution is 2.48. The summed E-state index contributed by atoms with van der Waals surface area (Å²) in [6, 6.07) is 20.0. The van der Waals surface area contributed by atoms with Crippen molar-refractivity contribution in [2.24, 2.45) is 5.10 Å². The van der Waals surface area contributed by atoms with E-state index in [4.69, 9.17) is 19.3 Å². The second kappa shape index (κ2) is 9.50. The van der Waals surface area contributed by atoms with Crippen molar-refractivity contribution >= 4 is 11.4 Å². The maximum atomic E-state index is 11.4. The average molecular weight is 472 g/mol. The number of benzene rings is 3. The van der Waals surface area contributed by atoms with Crippen LogP contribution >= 0.6 is 0 Å². The smallest absolute Gasteiger partial charge is 0.270 e. The number of hydrogen-bond donors (Lipinski definition) is 0. The van der Waals surface area contributed by atoms with Crippen LogP contribution in [0.25, 0.3) is 0 Å². The summed E-state index contributed by atoms with van der Waals surface area (Å²) in [4.78, 5) is 11.0. The van der Waals surface area contributed by atoms with Crippen LogP contribution in [0.4, 0.5) is 5.69 Å². The van der Waals surface area contributed by atoms with Crippen LogP contribution in [0.5, 0.6) is 17.2 Å². The predicted octanol–water partition coefficient (Wildman–Crippen LogP) is 5.80. The van der Waals surface area contributed by atoms with Gasteiger partial charge in [-0.2, -0.15) is 5.10 Å². The van der Waals surface area contributed by atoms with Gasteiger partial charge in [0.25, 0.3) is 5.69 Å². The van der Waals surface area contributed by atoms with Gasteiger partial charge in [-0.25, -0.2) is 5.01 Å². The van der Waals surface area contributed by atoms with E-state index < -0.39 is 6.23 Å². The fourth-order valence-corrected chi connectivity index (χ4v) is 4.38. The monoisotopic (exact) mass is 471 g/mol. The Morgan fingerprint density at radius 1 is 1.11 bits per heavy atom. The Hall–Kier alpha value is -4.33. The lowest BCUT2D eigenvalue weighted by molar-refractivity contribution is -0.385. The van der Waals surface area contributed by atoms with Crippen molar-refractivity contribution in [2.75, 3.05) is 13.2 Å². The number of non-ortho nitro benzene ring substituents is 1. The van der Waals surface area contributed by atoms with Crippen LogP contribution in [0, 0.1) is 10.1 Å². The molecule has 8 heteroatoms. The molecule has 0 unspecified atom stereocenters. The molecule has 35 heavy (non-hydrogen) atoms. The molecule has 178 valence electrons. The van der Waals surface area contributed by atoms with Crippen LogP contribution < -0.4 is 14.2 Å². The van der Waals surface area contributed by atoms with Gasteiger partial charge in [-0.3, -0.25) is 10.1 Å². The van der Waals surface area contributed by atoms with Crippen LogP contribution in [-0.4, -0.2) is 28.9 Å². The maximum absolute atomic E-state index is 11.4. The lowest BCUT2D eigenvalue weighted by Crippen LogP contribution is -2.33. The van der Waals surface area contributed by atoms with Gasteiger partial charge in [-0.15, -0.1) is 0 Å². The summed E-state index contributed by atoms with van der Waals surface area (Å²) in [6.45, 7) is 6.64. The van der Waals surface area contributed by atoms with Crippen LogP contribution in [0.15, 0.2) is 84.5 Å². The zero-order valence-electron chi connectivity index (χ0n) is 19.3. The van der Waals surface area contributed by atoms with E-state index in [0.717, 1.165) is 33.9 Å². The lowest BCUT2D eigenvalue weighted by atomic mass is 9.95. The zero-order valence-corrected chi connectivity index (χ0v) is 19.3. The lowest BCUT2D eigenvalue weighted by Gasteiger charge is -2.38. The minimum absolute atomic E-state index is 0.0315. The third kappa shape index (κ3) is 4.42. The molecule has 0 aliphatic carbocycles. The summed E-state index contributed by atoms with van der Waals surface area (Å²) in [5, 5.41) is 18.3. The number of rotatable bonds is 8. The molecule has 0 saturated carbocycles. The molecule has 0 radical (unpaired) electrons. The number of fused-ring (bicyclic) bond motifs is 3. The molecule has 5 rings (SSSR count). The van der Waals surface area contributed by atoms with E-state index in [1.807, 2.05) is 60.5 Å². The number of nitro groups is 1. The number of hydrazone groups is 1. The minimum Gasteiger partial charge on any atom is -0.494 e. The van der Waals surface area contributed by atoms with Gasteiger partial charge >= 0.3 is 0 Å². The first kappa shape index (κ1) is 22.5. The quantitative estimate of drug-likeness (QED) is 0.234. The molecule has 0 spiro atoms. The topological polar surface area (TPSA) is 86.4 Å². The Morgan fingerprint density at radius 2 is 1.83 bits per heavy atom. The van der Waals surface area contributed by atoms with Gasteiger partial charge in [0.2, 0.25) is 6.23 Å². The minimum atomic E-state index is -0.475. The standard InChI is InChI=1S/C27H25N3O5/c1-3-15-34-22-10-5-18(6-11-22)24-17-25-23-16-20(30(31)32)9-14-26(23)35-27(29(25)28-24)19-7-12-21(13-8-19)33-4-2/h3,5-14,16,25,27H,1,4,15,17H2,2H3/t25-,27-/m0/s1. The van der Waals surface area contributed by atoms with Gasteiger partial charge < -0.3 is 14.2 Å². The molecule has 8 nitrogen and oxygen atoms in total. The van der Waals surface area contributed by atoms with E-state index in [9.17, 15) is 10.1 Å². The molecule has 0 saturated heterocycles. The highest BCUT2D eigenvalue weighted by molar-refractivity contribution is 6.02. The Bertz CT molecular complexity index is 1270. The molecule has 0 aromatic heterocycles. The number of hydrogen-bond acceptors (Lipinski definition) is 7. The van der Waals surface area contributed by atoms with Gasteiger partial charge in [-0.05, 0) is 67.1 Å². The Kier molecular flexibility index (Phi) is 6.10. The van der Waals surface area contributed by atoms with Crippen molar-refractivity contribution in [1.29, 1.82) is 0 Å². The third-order valence-corrected chi connectivity index (χ3v) is 6.02. The first-order valence-electron chi connectivity index (χ1n) is 11.4. The van der Waals surface area contributed by atoms with E-state index in [0.29, 0.717) is 25.4 Å². The molecule has 3 aromatic carbocycles. The summed E-state index contributed by atoms with van der Waals surface area (Å²) < 4.78 is 17.5. The number of nitrogens with zero attached hydrogens (tertiary/aromatic N) is 3. The number of nitro benzene ring substituents is 1. The SMILES string of the molecule is C=CCOc1ccc(C2=NN3[C@@H](C2)c2cc([N+](=O)[O-])ccc2O[C@H]3c2ccc(OCC)cc2)cc1. The molecule has 3 aromatic rings. The molecule has 0 amide bonds. The fraction of sp³-hybridized carbons (Fsp3) is 0.222. The van der Waals surface area contributed by atoms with Gasteiger partial charge in [0.15, 0.2) is 0 Å². The summed E-state index contributed by atoms with van der Waals surface area (Å²) in [6.07, 6.45) is 1.82. The Labute approximate surface area is 203 Å². The van der Waals surface area contributed by atoms with Crippen molar-refractivity contribution in [2.45, 2.75) is 25.6 Å². The second-order valence-electron chi connectivity index (χ2n) is 8.22. The van der Waals surface area contributed by atoms with Crippen molar-refractivity contribution < 1.29 is 19.1 Å². The molecule has 2 heterocycles. The van der Waals surface area contributed by atoms with Gasteiger partial charge in [0, 0.05) is 29.7 Å². The average Bonchev–Trinajstić information content (AvgIpc) is 3.33. The molecule has 2 aliphatic heterocycles. The molecule has 2 atom stereocenters. The van der Waals surface area contributed by atoms with E-state index in [1.54, 1.807) is 18.2 Å². The maximum Gasteiger partial charge on any atom is 0.270 e. The normalized spacial score (nSPS) is 18.1. The van der Waals surface area contributed by atoms with E-state index in [1.165, 1.54) is 6.07 Å². The summed E-state index contributed by atoms with van der Waals surface area (Å²) in [5.41, 5.74) is 3.54. The van der Waals surface area contributed by atoms with Gasteiger partial charge in [0.1, 0.15) is 23.9 Å². The Morgan fingerprint density at radius 3 is 2.51 bits per heavy atom. The summed E-state index contributed by atoms with van der Waals surface area (Å²) in [7, 11) is 0. The molecule has 0 bridgehead atoms. The van der Waals surface area contributed by atoms with Crippen LogP contribution in [0.3, 0.4) is 0 Å². The van der Waals surface area contributed by atoms with Crippen molar-refractivity contribution in [3.05, 3.63) is 106 Å². The summed E-state index contributed by atoms with van der Waals surface area (Å²) in [5.74, 6) is 2.16. The molecule has 2 aliphatic rings. The van der Waals surface area contributed by atoms with Crippen LogP contribution in [0.2, 0.25) is 0 Å². The molecule has 0 fully saturated rings. The largest absolute Gasteiger partial charge is 0.494 e. The third-order valence-electron chi connectivity index (χ3n) is 6.02. The molecular formula is C27H25N3O5. The highest BCUT2D eigenvalue weighted by Gasteiger charge is 2.41. The van der Waals surface area contributed by atoms with Crippen molar-refractivity contribution in [1.82, 2.24) is 5.01 Å². The van der Waals surface area contributed by atoms with E-state index in [-0.39, 0.29) is 16.7 Å². The highest BCUT2D eigenvalue weighted by atomic mass is 16.6. The van der Waals surface area contributed by atoms with Crippen LogP contribution in [-0.2, 0) is 0 Å². The van der Waals surface area contributed by atoms with Crippen LogP contribution in [0.1, 0.15) is 42.3 Å². The predicted molar refractivity (Wildman–Crippen MR) is 132 cm³/mol. The zero-order chi connectivity index (χ0) is 24.4. The molecular weight excluding hydrogens is 446 g/mol. The fourth-order valence-electron chi connectivity index (χ4n) is 4.38. The second-order valence-corrected chi connectivity index (χ2v) is 8.22. The van der Waals surface area contributed by atoms with E-state index in [2.05, 4.69) is 6.58 Å². The first-order valence-corrected chi connectivity index (χ1v) is 11.4. The van der Waals surface area contributed by atoms with Crippen molar-refractivity contribution in [3.8, 4) is 17.2 Å². The van der Waals surface area contributed by atoms with Gasteiger partial charge in [0.05, 0.1) is 23.3 Å². The molecule has 0 N–H and O–H groups in total.